The second kappa shape index (κ2) is 11.1. The predicted molar refractivity (Wildman–Crippen MR) is 108 cm³/mol. The van der Waals surface area contributed by atoms with Crippen molar-refractivity contribution in [3.63, 3.8) is 0 Å². The van der Waals surface area contributed by atoms with Gasteiger partial charge >= 0.3 is 5.97 Å². The molecular formula is C21H28FNO3S. The minimum absolute atomic E-state index is 0.208. The van der Waals surface area contributed by atoms with Crippen LogP contribution >= 0.6 is 12.2 Å². The van der Waals surface area contributed by atoms with Crippen molar-refractivity contribution in [1.29, 1.82) is 0 Å². The maximum atomic E-state index is 12.9. The number of carbonyl (C=O) groups is 1. The zero-order chi connectivity index (χ0) is 19.6. The van der Waals surface area contributed by atoms with Crippen LogP contribution < -0.4 is 0 Å². The highest BCUT2D eigenvalue weighted by atomic mass is 32.1. The molecule has 1 aliphatic rings. The molecule has 0 radical (unpaired) electrons. The molecule has 2 N–H and O–H groups in total. The molecule has 1 saturated heterocycles. The van der Waals surface area contributed by atoms with Gasteiger partial charge in [0.1, 0.15) is 5.82 Å². The lowest BCUT2D eigenvalue weighted by Gasteiger charge is -2.24. The molecule has 0 spiro atoms. The number of hydrogen-bond donors (Lipinski definition) is 2. The topological polar surface area (TPSA) is 60.8 Å². The fraction of sp³-hybridized carbons (Fsp3) is 0.524. The van der Waals surface area contributed by atoms with E-state index in [0.29, 0.717) is 6.42 Å². The standard InChI is InChI=1S/C21H28FNO3S/c22-17-8-6-16(7-9-17)15-19(24)12-10-18-11-13-20(27)23(18)14-4-2-1-3-5-21(25)26/h6-10,12,18-19,24H,1-5,11,13-15H2,(H,25,26)/b12-10+/t18-,19+/m0/s1. The second-order valence-electron chi connectivity index (χ2n) is 7.03. The van der Waals surface area contributed by atoms with Crippen LogP contribution in [0.3, 0.4) is 0 Å². The summed E-state index contributed by atoms with van der Waals surface area (Å²) in [6.07, 6.45) is 9.38. The molecular weight excluding hydrogens is 365 g/mol. The van der Waals surface area contributed by atoms with Gasteiger partial charge in [-0.05, 0) is 37.0 Å². The average molecular weight is 394 g/mol. The summed E-state index contributed by atoms with van der Waals surface area (Å²) in [5.74, 6) is -1.01. The Labute approximate surface area is 165 Å². The number of halogens is 1. The number of hydrogen-bond acceptors (Lipinski definition) is 3. The van der Waals surface area contributed by atoms with E-state index >= 15 is 0 Å². The van der Waals surface area contributed by atoms with E-state index in [0.717, 1.165) is 55.6 Å². The number of thiocarbonyl (C=S) groups is 1. The molecule has 4 nitrogen and oxygen atoms in total. The number of aliphatic hydroxyl groups is 1. The normalized spacial score (nSPS) is 18.4. The zero-order valence-electron chi connectivity index (χ0n) is 15.5. The Morgan fingerprint density at radius 3 is 2.67 bits per heavy atom. The van der Waals surface area contributed by atoms with Crippen molar-refractivity contribution < 1.29 is 19.4 Å². The van der Waals surface area contributed by atoms with Crippen molar-refractivity contribution in [3.05, 3.63) is 47.8 Å². The van der Waals surface area contributed by atoms with E-state index in [1.54, 1.807) is 12.1 Å². The lowest BCUT2D eigenvalue weighted by atomic mass is 10.1. The second-order valence-corrected chi connectivity index (χ2v) is 7.51. The van der Waals surface area contributed by atoms with E-state index in [9.17, 15) is 14.3 Å². The third-order valence-electron chi connectivity index (χ3n) is 4.83. The maximum absolute atomic E-state index is 12.9. The summed E-state index contributed by atoms with van der Waals surface area (Å²) in [7, 11) is 0. The monoisotopic (exact) mass is 393 g/mol. The summed E-state index contributed by atoms with van der Waals surface area (Å²) in [5.41, 5.74) is 0.897. The molecule has 0 bridgehead atoms. The smallest absolute Gasteiger partial charge is 0.303 e. The number of nitrogens with zero attached hydrogens (tertiary/aromatic N) is 1. The molecule has 0 aliphatic carbocycles. The van der Waals surface area contributed by atoms with E-state index in [4.69, 9.17) is 17.3 Å². The third kappa shape index (κ3) is 7.77. The number of unbranched alkanes of at least 4 members (excludes halogenated alkanes) is 3. The van der Waals surface area contributed by atoms with Gasteiger partial charge in [0, 0.05) is 31.8 Å². The number of aliphatic hydroxyl groups excluding tert-OH is 1. The molecule has 2 atom stereocenters. The average Bonchev–Trinajstić information content (AvgIpc) is 2.98. The van der Waals surface area contributed by atoms with Crippen molar-refractivity contribution in [2.75, 3.05) is 6.54 Å². The molecule has 148 valence electrons. The van der Waals surface area contributed by atoms with Crippen molar-refractivity contribution in [1.82, 2.24) is 4.90 Å². The van der Waals surface area contributed by atoms with Crippen molar-refractivity contribution in [3.8, 4) is 0 Å². The van der Waals surface area contributed by atoms with Gasteiger partial charge in [-0.1, -0.05) is 49.3 Å². The molecule has 0 amide bonds. The third-order valence-corrected chi connectivity index (χ3v) is 5.27. The first kappa shape index (κ1) is 21.5. The number of benzene rings is 1. The molecule has 1 heterocycles. The van der Waals surface area contributed by atoms with Crippen LogP contribution in [0, 0.1) is 5.82 Å². The van der Waals surface area contributed by atoms with Crippen LogP contribution in [0.1, 0.15) is 50.5 Å². The first-order valence-corrected chi connectivity index (χ1v) is 9.98. The summed E-state index contributed by atoms with van der Waals surface area (Å²) in [4.78, 5) is 13.7. The van der Waals surface area contributed by atoms with Crippen LogP contribution in [0.25, 0.3) is 0 Å². The molecule has 0 aromatic heterocycles. The summed E-state index contributed by atoms with van der Waals surface area (Å²) in [6.45, 7) is 0.870. The Kier molecular flexibility index (Phi) is 8.88. The van der Waals surface area contributed by atoms with Crippen LogP contribution in [0.15, 0.2) is 36.4 Å². The Morgan fingerprint density at radius 2 is 1.96 bits per heavy atom. The first-order chi connectivity index (χ1) is 13.0. The molecule has 1 aromatic carbocycles. The molecule has 27 heavy (non-hydrogen) atoms. The molecule has 1 aromatic rings. The van der Waals surface area contributed by atoms with E-state index in [1.165, 1.54) is 12.1 Å². The lowest BCUT2D eigenvalue weighted by Crippen LogP contribution is -2.32. The summed E-state index contributed by atoms with van der Waals surface area (Å²) >= 11 is 5.47. The van der Waals surface area contributed by atoms with Crippen LogP contribution in [-0.2, 0) is 11.2 Å². The SMILES string of the molecule is O=C(O)CCCCCCN1C(=S)CC[C@@H]1/C=C/[C@@H](O)Cc1ccc(F)cc1. The predicted octanol–water partition coefficient (Wildman–Crippen LogP) is 4.11. The van der Waals surface area contributed by atoms with Crippen LogP contribution in [0.4, 0.5) is 4.39 Å². The zero-order valence-corrected chi connectivity index (χ0v) is 16.3. The Hall–Kier alpha value is -1.79. The Balaban J connectivity index is 1.76. The highest BCUT2D eigenvalue weighted by Gasteiger charge is 2.25. The Bertz CT molecular complexity index is 647. The number of carboxylic acid groups (broad SMARTS) is 1. The van der Waals surface area contributed by atoms with Crippen LogP contribution in [-0.4, -0.2) is 44.8 Å². The maximum Gasteiger partial charge on any atom is 0.303 e. The summed E-state index contributed by atoms with van der Waals surface area (Å²) in [6, 6.07) is 6.39. The highest BCUT2D eigenvalue weighted by molar-refractivity contribution is 7.80. The summed E-state index contributed by atoms with van der Waals surface area (Å²) < 4.78 is 12.9. The van der Waals surface area contributed by atoms with Gasteiger partial charge in [0.15, 0.2) is 0 Å². The van der Waals surface area contributed by atoms with Gasteiger partial charge in [-0.2, -0.15) is 0 Å². The van der Waals surface area contributed by atoms with Crippen LogP contribution in [0.5, 0.6) is 0 Å². The van der Waals surface area contributed by atoms with Gasteiger partial charge in [0.25, 0.3) is 0 Å². The van der Waals surface area contributed by atoms with E-state index < -0.39 is 12.1 Å². The minimum atomic E-state index is -0.736. The Morgan fingerprint density at radius 1 is 1.26 bits per heavy atom. The fourth-order valence-electron chi connectivity index (χ4n) is 3.34. The largest absolute Gasteiger partial charge is 0.481 e. The van der Waals surface area contributed by atoms with Crippen molar-refractivity contribution >= 4 is 23.2 Å². The van der Waals surface area contributed by atoms with Gasteiger partial charge in [-0.15, -0.1) is 0 Å². The van der Waals surface area contributed by atoms with Gasteiger partial charge < -0.3 is 15.1 Å². The van der Waals surface area contributed by atoms with Gasteiger partial charge in [-0.3, -0.25) is 4.79 Å². The molecule has 2 rings (SSSR count). The first-order valence-electron chi connectivity index (χ1n) is 9.58. The number of rotatable bonds is 11. The van der Waals surface area contributed by atoms with E-state index in [2.05, 4.69) is 4.90 Å². The van der Waals surface area contributed by atoms with Gasteiger partial charge in [0.2, 0.25) is 0 Å². The quantitative estimate of drug-likeness (QED) is 0.337. The van der Waals surface area contributed by atoms with Crippen molar-refractivity contribution in [2.24, 2.45) is 0 Å². The molecule has 0 unspecified atom stereocenters. The molecule has 1 fully saturated rings. The lowest BCUT2D eigenvalue weighted by molar-refractivity contribution is -0.137. The van der Waals surface area contributed by atoms with E-state index in [-0.39, 0.29) is 18.3 Å². The highest BCUT2D eigenvalue weighted by Crippen LogP contribution is 2.22. The summed E-state index contributed by atoms with van der Waals surface area (Å²) in [5, 5.41) is 18.9. The molecule has 1 aliphatic heterocycles. The molecule has 0 saturated carbocycles. The van der Waals surface area contributed by atoms with Crippen LogP contribution in [0.2, 0.25) is 0 Å². The van der Waals surface area contributed by atoms with Gasteiger partial charge in [0.05, 0.1) is 11.1 Å². The van der Waals surface area contributed by atoms with Gasteiger partial charge in [-0.25, -0.2) is 4.39 Å². The minimum Gasteiger partial charge on any atom is -0.481 e. The number of likely N-dealkylation sites (tertiary alicyclic amines) is 1. The van der Waals surface area contributed by atoms with Crippen molar-refractivity contribution in [2.45, 2.75) is 63.5 Å². The van der Waals surface area contributed by atoms with E-state index in [1.807, 2.05) is 12.2 Å². The number of carboxylic acids is 1. The number of aliphatic carboxylic acids is 1. The molecule has 6 heteroatoms. The fourth-order valence-corrected chi connectivity index (χ4v) is 3.69.